The van der Waals surface area contributed by atoms with E-state index in [4.69, 9.17) is 9.47 Å². The molecule has 8 nitrogen and oxygen atoms in total. The Kier molecular flexibility index (Phi) is 13.2. The highest BCUT2D eigenvalue weighted by atomic mass is 19.4. The Labute approximate surface area is 307 Å². The van der Waals surface area contributed by atoms with E-state index in [1.807, 2.05) is 4.90 Å². The number of pyridine rings is 1. The highest BCUT2D eigenvalue weighted by Gasteiger charge is 2.38. The molecule has 0 aliphatic carbocycles. The van der Waals surface area contributed by atoms with E-state index >= 15 is 4.39 Å². The molecule has 1 unspecified atom stereocenters. The number of hydrogen-bond donors (Lipinski definition) is 1. The van der Waals surface area contributed by atoms with Crippen molar-refractivity contribution in [3.05, 3.63) is 85.8 Å². The molecular weight excluding hydrogens is 730 g/mol. The largest absolute Gasteiger partial charge is 0.493 e. The van der Waals surface area contributed by atoms with Crippen molar-refractivity contribution in [3.63, 3.8) is 0 Å². The van der Waals surface area contributed by atoms with Crippen molar-refractivity contribution in [2.75, 3.05) is 33.4 Å². The van der Waals surface area contributed by atoms with Gasteiger partial charge in [0.2, 0.25) is 5.91 Å². The summed E-state index contributed by atoms with van der Waals surface area (Å²) in [7, 11) is 1.13. The van der Waals surface area contributed by atoms with Crippen LogP contribution in [0.5, 0.6) is 5.75 Å². The monoisotopic (exact) mass is 773 g/mol. The van der Waals surface area contributed by atoms with Gasteiger partial charge in [-0.05, 0) is 93.9 Å². The van der Waals surface area contributed by atoms with Crippen molar-refractivity contribution in [2.24, 2.45) is 5.92 Å². The number of carbonyl (C=O) groups is 2. The Morgan fingerprint density at radius 2 is 1.65 bits per heavy atom. The molecule has 0 saturated carbocycles. The molecule has 1 N–H and O–H groups in total. The van der Waals surface area contributed by atoms with Gasteiger partial charge in [0.15, 0.2) is 11.6 Å². The normalized spacial score (nSPS) is 14.8. The van der Waals surface area contributed by atoms with E-state index in [2.05, 4.69) is 5.32 Å². The maximum absolute atomic E-state index is 16.8. The van der Waals surface area contributed by atoms with E-state index in [1.54, 1.807) is 13.8 Å². The highest BCUT2D eigenvalue weighted by Crippen LogP contribution is 2.42. The first-order chi connectivity index (χ1) is 25.2. The second-order valence-electron chi connectivity index (χ2n) is 13.7. The lowest BCUT2D eigenvalue weighted by molar-refractivity contribution is -0.144. The molecule has 1 fully saturated rings. The van der Waals surface area contributed by atoms with Crippen molar-refractivity contribution in [1.29, 1.82) is 0 Å². The highest BCUT2D eigenvalue weighted by molar-refractivity contribution is 5.82. The van der Waals surface area contributed by atoms with Crippen molar-refractivity contribution < 1.29 is 54.2 Å². The van der Waals surface area contributed by atoms with Crippen LogP contribution < -0.4 is 15.6 Å². The first kappa shape index (κ1) is 42.3. The molecule has 16 heteroatoms. The molecule has 2 atom stereocenters. The van der Waals surface area contributed by atoms with Crippen LogP contribution in [0.1, 0.15) is 85.5 Å². The van der Waals surface area contributed by atoms with Gasteiger partial charge < -0.3 is 24.3 Å². The summed E-state index contributed by atoms with van der Waals surface area (Å²) < 4.78 is 128. The van der Waals surface area contributed by atoms with Crippen LogP contribution in [-0.4, -0.2) is 54.7 Å². The molecule has 3 aromatic rings. The molecule has 4 rings (SSSR count). The van der Waals surface area contributed by atoms with Crippen molar-refractivity contribution >= 4 is 11.9 Å². The van der Waals surface area contributed by atoms with E-state index in [0.29, 0.717) is 31.3 Å². The molecule has 1 aliphatic rings. The summed E-state index contributed by atoms with van der Waals surface area (Å²) >= 11 is 0. The minimum Gasteiger partial charge on any atom is -0.493 e. The molecule has 2 aromatic carbocycles. The summed E-state index contributed by atoms with van der Waals surface area (Å²) in [6.07, 6.45) is -9.18. The number of benzene rings is 2. The lowest BCUT2D eigenvalue weighted by Gasteiger charge is -2.31. The summed E-state index contributed by atoms with van der Waals surface area (Å²) in [5.41, 5.74) is -5.41. The van der Waals surface area contributed by atoms with Gasteiger partial charge in [0.1, 0.15) is 11.9 Å². The van der Waals surface area contributed by atoms with Gasteiger partial charge in [0.05, 0.1) is 37.3 Å². The molecule has 0 radical (unpaired) electrons. The zero-order chi connectivity index (χ0) is 40.3. The number of halogens is 8. The fraction of sp³-hybridized carbons (Fsp3) is 0.500. The van der Waals surface area contributed by atoms with E-state index in [-0.39, 0.29) is 59.9 Å². The molecule has 296 valence electrons. The Hall–Kier alpha value is -4.47. The van der Waals surface area contributed by atoms with E-state index in [0.717, 1.165) is 30.4 Å². The predicted octanol–water partition coefficient (Wildman–Crippen LogP) is 8.10. The molecule has 2 heterocycles. The van der Waals surface area contributed by atoms with E-state index < -0.39 is 82.2 Å². The summed E-state index contributed by atoms with van der Waals surface area (Å²) in [4.78, 5) is 42.3. The minimum absolute atomic E-state index is 0.0197. The molecule has 0 bridgehead atoms. The predicted molar refractivity (Wildman–Crippen MR) is 184 cm³/mol. The maximum Gasteiger partial charge on any atom is 0.416 e. The van der Waals surface area contributed by atoms with Gasteiger partial charge in [-0.25, -0.2) is 8.78 Å². The third-order valence-corrected chi connectivity index (χ3v) is 9.39. The summed E-state index contributed by atoms with van der Waals surface area (Å²) in [5.74, 6) is -4.89. The first-order valence-electron chi connectivity index (χ1n) is 17.4. The van der Waals surface area contributed by atoms with Crippen LogP contribution in [0, 0.1) is 31.4 Å². The van der Waals surface area contributed by atoms with Crippen LogP contribution in [0.2, 0.25) is 0 Å². The second-order valence-corrected chi connectivity index (χ2v) is 13.7. The number of nitrogens with one attached hydrogen (secondary N) is 1. The summed E-state index contributed by atoms with van der Waals surface area (Å²) in [6.45, 7) is 8.99. The van der Waals surface area contributed by atoms with Gasteiger partial charge in [-0.3, -0.25) is 14.4 Å². The van der Waals surface area contributed by atoms with Crippen LogP contribution >= 0.6 is 0 Å². The number of aryl methyl sites for hydroxylation is 1. The van der Waals surface area contributed by atoms with Crippen molar-refractivity contribution in [3.8, 4) is 16.9 Å². The van der Waals surface area contributed by atoms with Crippen LogP contribution in [0.4, 0.5) is 35.1 Å². The number of nitrogens with zero attached hydrogens (tertiary/aromatic N) is 2. The standard InChI is InChI=1S/C38H43F8N3O5/c1-7-54-32(51)18-29(25-15-24(37(41,42)43)16-26(34(25)40)33-21(4)14-28(39)35(53-6)22(33)5)47-36(52)30(13-20(2)3)49-19-23(9-12-48-10-8-11-48)27(17-31(49)50)38(44,45)46/h14-17,19-20,29-30H,7-13,18H2,1-6H3,(H,47,52)/t29-,30?/m0/s1. The minimum atomic E-state index is -5.07. The number of amides is 1. The molecule has 54 heavy (non-hydrogen) atoms. The van der Waals surface area contributed by atoms with Crippen LogP contribution in [0.15, 0.2) is 35.3 Å². The van der Waals surface area contributed by atoms with Gasteiger partial charge in [0.25, 0.3) is 5.56 Å². The lowest BCUT2D eigenvalue weighted by Crippen LogP contribution is -2.41. The van der Waals surface area contributed by atoms with E-state index in [1.165, 1.54) is 20.8 Å². The van der Waals surface area contributed by atoms with Crippen LogP contribution in [0.25, 0.3) is 11.1 Å². The average Bonchev–Trinajstić information content (AvgIpc) is 3.03. The molecular formula is C38H43F8N3O5. The SMILES string of the molecule is CCOC(=O)C[C@H](NC(=O)C(CC(C)C)n1cc(CCN2CCC2)c(C(F)(F)F)cc1=O)c1cc(C(F)(F)F)cc(-c2c(C)cc(F)c(OC)c2C)c1F. The van der Waals surface area contributed by atoms with Gasteiger partial charge >= 0.3 is 18.3 Å². The number of likely N-dealkylation sites (tertiary alicyclic amines) is 1. The van der Waals surface area contributed by atoms with E-state index in [9.17, 15) is 45.1 Å². The van der Waals surface area contributed by atoms with Crippen molar-refractivity contribution in [1.82, 2.24) is 14.8 Å². The Morgan fingerprint density at radius 3 is 2.19 bits per heavy atom. The number of hydrogen-bond acceptors (Lipinski definition) is 6. The number of aromatic nitrogens is 1. The molecule has 0 spiro atoms. The number of methoxy groups -OCH3 is 1. The van der Waals surface area contributed by atoms with Crippen LogP contribution in [0.3, 0.4) is 0 Å². The zero-order valence-electron chi connectivity index (χ0n) is 30.7. The van der Waals surface area contributed by atoms with Crippen LogP contribution in [-0.2, 0) is 33.1 Å². The smallest absolute Gasteiger partial charge is 0.416 e. The summed E-state index contributed by atoms with van der Waals surface area (Å²) in [6, 6.07) is -1.02. The van der Waals surface area contributed by atoms with Gasteiger partial charge in [0, 0.05) is 35.5 Å². The number of alkyl halides is 6. The quantitative estimate of drug-likeness (QED) is 0.132. The number of ether oxygens (including phenoxy) is 2. The zero-order valence-corrected chi connectivity index (χ0v) is 30.7. The lowest BCUT2D eigenvalue weighted by atomic mass is 9.89. The van der Waals surface area contributed by atoms with Gasteiger partial charge in [-0.2, -0.15) is 26.3 Å². The topological polar surface area (TPSA) is 89.9 Å². The summed E-state index contributed by atoms with van der Waals surface area (Å²) in [5, 5.41) is 2.42. The Bertz CT molecular complexity index is 1920. The fourth-order valence-electron chi connectivity index (χ4n) is 6.70. The molecule has 1 aromatic heterocycles. The second kappa shape index (κ2) is 16.9. The first-order valence-corrected chi connectivity index (χ1v) is 17.4. The van der Waals surface area contributed by atoms with Crippen molar-refractivity contribution in [2.45, 2.75) is 84.7 Å². The Morgan fingerprint density at radius 1 is 0.981 bits per heavy atom. The third kappa shape index (κ3) is 9.60. The van der Waals surface area contributed by atoms with Gasteiger partial charge in [-0.15, -0.1) is 0 Å². The molecule has 1 saturated heterocycles. The molecule has 1 aliphatic heterocycles. The third-order valence-electron chi connectivity index (χ3n) is 9.39. The number of rotatable bonds is 14. The average molecular weight is 774 g/mol. The number of esters is 1. The van der Waals surface area contributed by atoms with Gasteiger partial charge in [-0.1, -0.05) is 13.8 Å². The number of carbonyl (C=O) groups excluding carboxylic acids is 2. The maximum atomic E-state index is 16.8. The Balaban J connectivity index is 1.90. The molecule has 1 amide bonds. The fourth-order valence-corrected chi connectivity index (χ4v) is 6.70.